The summed E-state index contributed by atoms with van der Waals surface area (Å²) in [4.78, 5) is 11.7. The summed E-state index contributed by atoms with van der Waals surface area (Å²) in [6, 6.07) is 0. The second-order valence-electron chi connectivity index (χ2n) is 8.06. The van der Waals surface area contributed by atoms with E-state index in [-0.39, 0.29) is 24.8 Å². The number of epoxide rings is 1. The van der Waals surface area contributed by atoms with E-state index in [1.54, 1.807) is 0 Å². The van der Waals surface area contributed by atoms with Crippen molar-refractivity contribution < 1.29 is 24.1 Å². The van der Waals surface area contributed by atoms with Crippen LogP contribution >= 0.6 is 0 Å². The summed E-state index contributed by atoms with van der Waals surface area (Å²) < 4.78 is 16.2. The summed E-state index contributed by atoms with van der Waals surface area (Å²) in [5, 5.41) is 8.92. The molecule has 156 valence electrons. The van der Waals surface area contributed by atoms with Crippen molar-refractivity contribution in [2.24, 2.45) is 11.8 Å². The highest BCUT2D eigenvalue weighted by Crippen LogP contribution is 2.50. The summed E-state index contributed by atoms with van der Waals surface area (Å²) >= 11 is 0. The molecule has 0 aliphatic carbocycles. The minimum atomic E-state index is -0.631. The highest BCUT2D eigenvalue weighted by Gasteiger charge is 2.69. The van der Waals surface area contributed by atoms with Gasteiger partial charge in [0.1, 0.15) is 17.8 Å². The van der Waals surface area contributed by atoms with E-state index in [2.05, 4.69) is 45.1 Å². The Bertz CT molecular complexity index is 647. The number of methoxy groups -OCH3 is 1. The first-order valence-electron chi connectivity index (χ1n) is 10.0. The third-order valence-corrected chi connectivity index (χ3v) is 5.34. The Balaban J connectivity index is 1.78. The fourth-order valence-electron chi connectivity index (χ4n) is 3.50. The Morgan fingerprint density at radius 2 is 1.93 bits per heavy atom. The first-order chi connectivity index (χ1) is 13.3. The van der Waals surface area contributed by atoms with Crippen LogP contribution in [-0.4, -0.2) is 48.7 Å². The third-order valence-electron chi connectivity index (χ3n) is 5.34. The molecular weight excluding hydrogens is 356 g/mol. The number of ether oxygens (including phenoxy) is 3. The zero-order valence-electron chi connectivity index (χ0n) is 17.6. The summed E-state index contributed by atoms with van der Waals surface area (Å²) in [6.45, 7) is 8.60. The van der Waals surface area contributed by atoms with E-state index < -0.39 is 11.7 Å². The molecule has 0 bridgehead atoms. The zero-order chi connectivity index (χ0) is 20.7. The summed E-state index contributed by atoms with van der Waals surface area (Å²) in [7, 11) is 1.36. The van der Waals surface area contributed by atoms with E-state index in [9.17, 15) is 4.79 Å². The molecule has 0 aromatic rings. The van der Waals surface area contributed by atoms with Gasteiger partial charge in [-0.25, -0.2) is 4.79 Å². The number of fused-ring (bicyclic) bond motifs is 1. The number of hydrogen-bond donors (Lipinski definition) is 1. The van der Waals surface area contributed by atoms with Gasteiger partial charge in [-0.15, -0.1) is 0 Å². The number of carbonyl (C=O) groups excluding carboxylic acids is 1. The molecular formula is C23H34O5. The normalized spacial score (nSPS) is 32.2. The predicted octanol–water partition coefficient (Wildman–Crippen LogP) is 3.74. The number of hydrogen-bond acceptors (Lipinski definition) is 5. The molecule has 0 spiro atoms. The van der Waals surface area contributed by atoms with Crippen molar-refractivity contribution in [2.75, 3.05) is 13.7 Å². The van der Waals surface area contributed by atoms with Crippen LogP contribution in [0.4, 0.5) is 0 Å². The minimum absolute atomic E-state index is 0.210. The molecule has 28 heavy (non-hydrogen) atoms. The van der Waals surface area contributed by atoms with Crippen LogP contribution in [0.25, 0.3) is 0 Å². The molecule has 0 radical (unpaired) electrons. The number of allylic oxidation sites excluding steroid dienone is 7. The van der Waals surface area contributed by atoms with Crippen LogP contribution in [0.5, 0.6) is 0 Å². The maximum Gasteiger partial charge on any atom is 0.337 e. The predicted molar refractivity (Wildman–Crippen MR) is 110 cm³/mol. The van der Waals surface area contributed by atoms with Crippen molar-refractivity contribution in [3.05, 3.63) is 48.1 Å². The van der Waals surface area contributed by atoms with Crippen LogP contribution < -0.4 is 0 Å². The fourth-order valence-corrected chi connectivity index (χ4v) is 3.50. The summed E-state index contributed by atoms with van der Waals surface area (Å²) in [5.74, 6) is 0.429. The molecule has 5 nitrogen and oxygen atoms in total. The third kappa shape index (κ3) is 5.90. The number of carbonyl (C=O) groups is 1. The summed E-state index contributed by atoms with van der Waals surface area (Å²) in [5.41, 5.74) is 0.892. The van der Waals surface area contributed by atoms with Gasteiger partial charge < -0.3 is 19.3 Å². The quantitative estimate of drug-likeness (QED) is 0.350. The van der Waals surface area contributed by atoms with Crippen molar-refractivity contribution in [1.29, 1.82) is 0 Å². The highest BCUT2D eigenvalue weighted by molar-refractivity contribution is 5.77. The van der Waals surface area contributed by atoms with Crippen LogP contribution in [0.2, 0.25) is 0 Å². The van der Waals surface area contributed by atoms with Gasteiger partial charge in [-0.1, -0.05) is 62.0 Å². The van der Waals surface area contributed by atoms with Crippen LogP contribution in [0.1, 0.15) is 40.5 Å². The number of aliphatic hydroxyl groups is 1. The lowest BCUT2D eigenvalue weighted by Crippen LogP contribution is -2.29. The van der Waals surface area contributed by atoms with Crippen LogP contribution in [-0.2, 0) is 19.0 Å². The van der Waals surface area contributed by atoms with Gasteiger partial charge in [0.05, 0.1) is 7.11 Å². The summed E-state index contributed by atoms with van der Waals surface area (Å²) in [6.07, 6.45) is 15.1. The van der Waals surface area contributed by atoms with Gasteiger partial charge in [-0.3, -0.25) is 0 Å². The molecule has 5 heteroatoms. The monoisotopic (exact) mass is 390 g/mol. The molecule has 6 atom stereocenters. The molecule has 2 heterocycles. The van der Waals surface area contributed by atoms with Crippen LogP contribution in [0, 0.1) is 11.8 Å². The van der Waals surface area contributed by atoms with Gasteiger partial charge in [0, 0.05) is 6.61 Å². The first kappa shape index (κ1) is 22.6. The van der Waals surface area contributed by atoms with Crippen LogP contribution in [0.3, 0.4) is 0 Å². The molecule has 0 amide bonds. The molecule has 2 aliphatic heterocycles. The average Bonchev–Trinajstić information content (AvgIpc) is 3.25. The average molecular weight is 391 g/mol. The van der Waals surface area contributed by atoms with E-state index in [1.165, 1.54) is 12.7 Å². The molecule has 2 rings (SSSR count). The molecule has 0 saturated carbocycles. The zero-order valence-corrected chi connectivity index (χ0v) is 17.6. The largest absolute Gasteiger partial charge is 0.467 e. The molecule has 2 aliphatic rings. The van der Waals surface area contributed by atoms with E-state index in [1.807, 2.05) is 25.2 Å². The van der Waals surface area contributed by atoms with Crippen molar-refractivity contribution in [3.63, 3.8) is 0 Å². The highest BCUT2D eigenvalue weighted by atomic mass is 16.7. The molecule has 1 N–H and O–H groups in total. The Hall–Kier alpha value is -1.69. The maximum absolute atomic E-state index is 11.7. The van der Waals surface area contributed by atoms with Crippen LogP contribution in [0.15, 0.2) is 48.1 Å². The lowest BCUT2D eigenvalue weighted by Gasteiger charge is -2.15. The van der Waals surface area contributed by atoms with E-state index in [4.69, 9.17) is 19.3 Å². The second kappa shape index (κ2) is 10.2. The smallest absolute Gasteiger partial charge is 0.337 e. The second-order valence-corrected chi connectivity index (χ2v) is 8.06. The maximum atomic E-state index is 11.7. The van der Waals surface area contributed by atoms with Gasteiger partial charge in [-0.05, 0) is 38.5 Å². The van der Waals surface area contributed by atoms with Gasteiger partial charge in [-0.2, -0.15) is 0 Å². The van der Waals surface area contributed by atoms with Crippen molar-refractivity contribution in [2.45, 2.75) is 64.4 Å². The van der Waals surface area contributed by atoms with Gasteiger partial charge >= 0.3 is 5.97 Å². The van der Waals surface area contributed by atoms with Gasteiger partial charge in [0.15, 0.2) is 6.10 Å². The number of rotatable bonds is 10. The van der Waals surface area contributed by atoms with Crippen molar-refractivity contribution >= 4 is 5.97 Å². The molecule has 0 aromatic heterocycles. The van der Waals surface area contributed by atoms with Crippen molar-refractivity contribution in [1.82, 2.24) is 0 Å². The van der Waals surface area contributed by atoms with Gasteiger partial charge in [0.2, 0.25) is 0 Å². The van der Waals surface area contributed by atoms with Crippen molar-refractivity contribution in [3.8, 4) is 0 Å². The van der Waals surface area contributed by atoms with E-state index in [0.717, 1.165) is 12.8 Å². The molecule has 6 unspecified atom stereocenters. The Morgan fingerprint density at radius 3 is 2.61 bits per heavy atom. The first-order valence-corrected chi connectivity index (χ1v) is 10.0. The molecule has 2 saturated heterocycles. The minimum Gasteiger partial charge on any atom is -0.467 e. The Morgan fingerprint density at radius 1 is 1.21 bits per heavy atom. The van der Waals surface area contributed by atoms with E-state index in [0.29, 0.717) is 11.8 Å². The lowest BCUT2D eigenvalue weighted by atomic mass is 10.00. The Labute approximate surface area is 168 Å². The molecule has 2 fully saturated rings. The number of aliphatic hydroxyl groups excluding tert-OH is 1. The Kier molecular flexibility index (Phi) is 8.23. The topological polar surface area (TPSA) is 68.3 Å². The standard InChI is InChI=1S/C23H34O5/c1-16(13-14-24)10-8-11-18(3)15-17(2)9-6-7-12-19-23(4)21(28-23)20(27-19)22(25)26-5/h6-12,16-17,19-21,24H,13-15H2,1-5H3. The number of esters is 1. The lowest BCUT2D eigenvalue weighted by molar-refractivity contribution is -0.157. The van der Waals surface area contributed by atoms with E-state index >= 15 is 0 Å². The molecule has 0 aromatic carbocycles. The fraction of sp³-hybridized carbons (Fsp3) is 0.609. The SMILES string of the molecule is COC(=O)C1OC(C=CC=CC(C)CC(C)=CC=CC(C)CCO)C2(C)OC12. The van der Waals surface area contributed by atoms with Gasteiger partial charge in [0.25, 0.3) is 0 Å².